The number of epoxide rings is 4. The van der Waals surface area contributed by atoms with Crippen molar-refractivity contribution in [2.24, 2.45) is 189 Å². The first-order valence-electron chi connectivity index (χ1n) is 38.1. The molecule has 0 aromatic heterocycles. The van der Waals surface area contributed by atoms with E-state index in [9.17, 15) is 0 Å². The predicted octanol–water partition coefficient (Wildman–Crippen LogP) is 10.2. The fourth-order valence-corrected chi connectivity index (χ4v) is 45.8. The standard InChI is InChI=1S/4C18H28O4Si/c1-19-23(20-2,21-3)14-5-8-4-12(14)15-9(8)6-10-11-7-13(16(10)15)18-17(11)22-18;1-19-23(20-2,21-3)14-5-8-4-9(14)10-6-11-12-7-13(16(11)15(8)10)18-17(12)22-18;1-19-23(20-2,21-3)8-4-9-10(5-8)12-6-11(9)15-13-7-14(16(12)15)18-17(13)22-18;1-19-23(20-2,21-3)13-5-4-8-9-6-10(14(8)13)16-12-7-11(15(9)16)17-18(12)22-17/h4*8-18H,4-7H2,1-3H3. The quantitative estimate of drug-likeness (QED) is 0.0815. The minimum atomic E-state index is -2.51. The maximum absolute atomic E-state index is 6.02. The number of rotatable bonds is 16. The number of hydrogen-bond donors (Lipinski definition) is 0. The van der Waals surface area contributed by atoms with Gasteiger partial charge in [0.05, 0.1) is 48.8 Å². The molecule has 0 amide bonds. The molecule has 4 saturated heterocycles. The molecule has 16 bridgehead atoms. The Balaban J connectivity index is 0.0000000826. The van der Waals surface area contributed by atoms with Gasteiger partial charge >= 0.3 is 35.2 Å². The zero-order valence-corrected chi connectivity index (χ0v) is 61.2. The Hall–Kier alpha value is 0.228. The first kappa shape index (κ1) is 60.9. The molecule has 20 aliphatic carbocycles. The largest absolute Gasteiger partial charge is 0.503 e. The van der Waals surface area contributed by atoms with E-state index in [-0.39, 0.29) is 0 Å². The highest BCUT2D eigenvalue weighted by Gasteiger charge is 2.81. The fraction of sp³-hybridized carbons (Fsp3) is 1.00. The van der Waals surface area contributed by atoms with E-state index in [0.29, 0.717) is 71.0 Å². The topological polar surface area (TPSA) is 161 Å². The van der Waals surface area contributed by atoms with Crippen molar-refractivity contribution in [2.45, 2.75) is 174 Å². The van der Waals surface area contributed by atoms with Crippen LogP contribution in [0.3, 0.4) is 0 Å². The van der Waals surface area contributed by atoms with E-state index in [1.54, 1.807) is 85.3 Å². The van der Waals surface area contributed by atoms with Crippen molar-refractivity contribution in [3.8, 4) is 0 Å². The van der Waals surface area contributed by atoms with Gasteiger partial charge in [0.25, 0.3) is 0 Å². The molecule has 16 nitrogen and oxygen atoms in total. The molecule has 4 heterocycles. The summed E-state index contributed by atoms with van der Waals surface area (Å²) in [7, 11) is 11.5. The lowest BCUT2D eigenvalue weighted by atomic mass is 9.64. The molecule has 43 unspecified atom stereocenters. The van der Waals surface area contributed by atoms with Crippen LogP contribution in [0.2, 0.25) is 22.2 Å². The first-order chi connectivity index (χ1) is 44.9. The molecule has 24 aliphatic rings. The Kier molecular flexibility index (Phi) is 13.9. The summed E-state index contributed by atoms with van der Waals surface area (Å²) >= 11 is 0. The van der Waals surface area contributed by atoms with Crippen molar-refractivity contribution < 1.29 is 72.1 Å². The van der Waals surface area contributed by atoms with Crippen LogP contribution in [0.4, 0.5) is 0 Å². The summed E-state index contributed by atoms with van der Waals surface area (Å²) in [5.41, 5.74) is 2.11. The lowest BCUT2D eigenvalue weighted by Gasteiger charge is -2.43. The molecule has 43 atom stereocenters. The summed E-state index contributed by atoms with van der Waals surface area (Å²) in [4.78, 5) is 0. The molecule has 20 heteroatoms. The van der Waals surface area contributed by atoms with E-state index in [1.807, 2.05) is 0 Å². The Morgan fingerprint density at radius 2 is 0.500 bits per heavy atom. The Labute approximate surface area is 552 Å². The maximum Gasteiger partial charge on any atom is 0.503 e. The van der Waals surface area contributed by atoms with Crippen LogP contribution < -0.4 is 0 Å². The van der Waals surface area contributed by atoms with Gasteiger partial charge in [0.2, 0.25) is 0 Å². The van der Waals surface area contributed by atoms with E-state index < -0.39 is 35.2 Å². The molecule has 0 spiro atoms. The van der Waals surface area contributed by atoms with Gasteiger partial charge in [-0.3, -0.25) is 0 Å². The summed E-state index contributed by atoms with van der Waals surface area (Å²) < 4.78 is 94.5. The lowest BCUT2D eigenvalue weighted by molar-refractivity contribution is 0.0574. The second-order valence-electron chi connectivity index (χ2n) is 36.2. The second kappa shape index (κ2) is 21.0. The van der Waals surface area contributed by atoms with Crippen molar-refractivity contribution in [3.05, 3.63) is 0 Å². The molecule has 4 aliphatic heterocycles. The van der Waals surface area contributed by atoms with Crippen LogP contribution in [0.5, 0.6) is 0 Å². The van der Waals surface area contributed by atoms with Crippen molar-refractivity contribution in [1.82, 2.24) is 0 Å². The monoisotopic (exact) mass is 1340 g/mol. The predicted molar refractivity (Wildman–Crippen MR) is 342 cm³/mol. The minimum Gasteiger partial charge on any atom is -0.377 e. The molecular formula is C72H112O16Si4. The Bertz CT molecular complexity index is 2820. The molecule has 512 valence electrons. The Morgan fingerprint density at radius 1 is 0.196 bits per heavy atom. The molecule has 24 fully saturated rings. The highest BCUT2D eigenvalue weighted by Crippen LogP contribution is 2.82. The van der Waals surface area contributed by atoms with E-state index >= 15 is 0 Å². The van der Waals surface area contributed by atoms with Gasteiger partial charge < -0.3 is 72.1 Å². The molecule has 0 aromatic carbocycles. The van der Waals surface area contributed by atoms with Crippen molar-refractivity contribution in [1.29, 1.82) is 0 Å². The summed E-state index contributed by atoms with van der Waals surface area (Å²) in [5.74, 6) is 29.6. The fourth-order valence-electron chi connectivity index (χ4n) is 34.5. The van der Waals surface area contributed by atoms with Gasteiger partial charge in [-0.25, -0.2) is 0 Å². The highest BCUT2D eigenvalue weighted by molar-refractivity contribution is 6.63. The highest BCUT2D eigenvalue weighted by atomic mass is 28.4. The molecule has 0 radical (unpaired) electrons. The summed E-state index contributed by atoms with van der Waals surface area (Å²) in [6.45, 7) is 0. The third-order valence-corrected chi connectivity index (χ3v) is 49.1. The van der Waals surface area contributed by atoms with E-state index in [2.05, 4.69) is 0 Å². The van der Waals surface area contributed by atoms with Crippen LogP contribution in [0.25, 0.3) is 0 Å². The Morgan fingerprint density at radius 3 is 0.957 bits per heavy atom. The molecule has 24 rings (SSSR count). The van der Waals surface area contributed by atoms with Crippen molar-refractivity contribution in [2.75, 3.05) is 85.3 Å². The van der Waals surface area contributed by atoms with Crippen LogP contribution in [0.15, 0.2) is 0 Å². The van der Waals surface area contributed by atoms with E-state index in [0.717, 1.165) is 189 Å². The maximum atomic E-state index is 6.02. The molecule has 0 N–H and O–H groups in total. The zero-order chi connectivity index (χ0) is 62.0. The molecule has 20 saturated carbocycles. The van der Waals surface area contributed by atoms with Gasteiger partial charge in [-0.2, -0.15) is 0 Å². The SMILES string of the molecule is CO[Si](OC)(OC)C1CC2C(C1)C1CC2C2C3CC(C4OC34)C12.CO[Si](OC)(OC)C1CC2CC1C1C2CC2C3CC(C4OC34)C21.CO[Si](OC)(OC)C1CC2CC1C1CC3C4CC(C5OC45)C3C21.CO[Si](OC)(OC)C1CCC2C3CC(C4C5CC(C6OC56)C34)C21. The van der Waals surface area contributed by atoms with E-state index in [1.165, 1.54) is 103 Å². The van der Waals surface area contributed by atoms with Gasteiger partial charge in [0, 0.05) is 107 Å². The van der Waals surface area contributed by atoms with Gasteiger partial charge in [0.15, 0.2) is 0 Å². The summed E-state index contributed by atoms with van der Waals surface area (Å²) in [6, 6.07) is 0. The smallest absolute Gasteiger partial charge is 0.377 e. The third kappa shape index (κ3) is 7.51. The normalized spacial score (nSPS) is 60.9. The molecule has 92 heavy (non-hydrogen) atoms. The van der Waals surface area contributed by atoms with Crippen LogP contribution in [-0.4, -0.2) is 169 Å². The summed E-state index contributed by atoms with van der Waals surface area (Å²) in [5, 5.41) is 0. The van der Waals surface area contributed by atoms with Gasteiger partial charge in [-0.15, -0.1) is 0 Å². The minimum absolute atomic E-state index is 0.519. The number of ether oxygens (including phenoxy) is 4. The average molecular weight is 1350 g/mol. The molecular weight excluding hydrogens is 1230 g/mol. The van der Waals surface area contributed by atoms with Gasteiger partial charge in [-0.05, 0) is 292 Å². The third-order valence-electron chi connectivity index (χ3n) is 36.1. The van der Waals surface area contributed by atoms with E-state index in [4.69, 9.17) is 72.1 Å². The number of hydrogen-bond acceptors (Lipinski definition) is 16. The summed E-state index contributed by atoms with van der Waals surface area (Å²) in [6.07, 6.45) is 27.7. The van der Waals surface area contributed by atoms with Crippen LogP contribution in [-0.2, 0) is 72.1 Å². The van der Waals surface area contributed by atoms with Crippen LogP contribution >= 0.6 is 0 Å². The first-order valence-corrected chi connectivity index (χ1v) is 45.3. The van der Waals surface area contributed by atoms with Crippen LogP contribution in [0, 0.1) is 189 Å². The van der Waals surface area contributed by atoms with Crippen LogP contribution in [0.1, 0.15) is 103 Å². The lowest BCUT2D eigenvalue weighted by Crippen LogP contribution is -2.51. The zero-order valence-electron chi connectivity index (χ0n) is 57.2. The van der Waals surface area contributed by atoms with Crippen molar-refractivity contribution >= 4 is 35.2 Å². The molecule has 0 aromatic rings. The second-order valence-corrected chi connectivity index (χ2v) is 48.9. The van der Waals surface area contributed by atoms with Crippen molar-refractivity contribution in [3.63, 3.8) is 0 Å². The van der Waals surface area contributed by atoms with Gasteiger partial charge in [-0.1, -0.05) is 0 Å². The average Bonchev–Trinajstić information content (AvgIpc) is 1.52. The van der Waals surface area contributed by atoms with Gasteiger partial charge in [0.1, 0.15) is 0 Å². The number of fused-ring (bicyclic) bond motifs is 58.